The van der Waals surface area contributed by atoms with Crippen LogP contribution in [-0.4, -0.2) is 16.6 Å². The van der Waals surface area contributed by atoms with Crippen LogP contribution in [0.4, 0.5) is 5.82 Å². The SMILES string of the molecule is Cc1cccnc1NC(=O)CSc1cccc2cccc(Cl)c12. The van der Waals surface area contributed by atoms with Crippen molar-refractivity contribution < 1.29 is 4.79 Å². The van der Waals surface area contributed by atoms with Gasteiger partial charge in [-0.1, -0.05) is 41.9 Å². The van der Waals surface area contributed by atoms with Crippen LogP contribution in [0.5, 0.6) is 0 Å². The summed E-state index contributed by atoms with van der Waals surface area (Å²) in [6, 6.07) is 15.5. The number of fused-ring (bicyclic) bond motifs is 1. The monoisotopic (exact) mass is 342 g/mol. The number of carbonyl (C=O) groups excluding carboxylic acids is 1. The summed E-state index contributed by atoms with van der Waals surface area (Å²) in [5, 5.41) is 5.60. The van der Waals surface area contributed by atoms with Crippen molar-refractivity contribution in [2.24, 2.45) is 0 Å². The Bertz CT molecular complexity index is 861. The number of thioether (sulfide) groups is 1. The second-order valence-electron chi connectivity index (χ2n) is 5.10. The molecule has 0 aliphatic carbocycles. The lowest BCUT2D eigenvalue weighted by molar-refractivity contribution is -0.113. The molecule has 1 amide bonds. The summed E-state index contributed by atoms with van der Waals surface area (Å²) in [5.41, 5.74) is 0.944. The number of anilines is 1. The van der Waals surface area contributed by atoms with Crippen molar-refractivity contribution in [1.29, 1.82) is 0 Å². The highest BCUT2D eigenvalue weighted by Gasteiger charge is 2.09. The standard InChI is InChI=1S/C18H15ClN2OS/c1-12-5-4-10-20-18(12)21-16(22)11-23-15-9-3-7-13-6-2-8-14(19)17(13)15/h2-10H,11H2,1H3,(H,20,21,22). The number of hydrogen-bond acceptors (Lipinski definition) is 3. The van der Waals surface area contributed by atoms with E-state index in [-0.39, 0.29) is 5.91 Å². The zero-order valence-corrected chi connectivity index (χ0v) is 14.1. The molecule has 23 heavy (non-hydrogen) atoms. The van der Waals surface area contributed by atoms with Gasteiger partial charge in [-0.25, -0.2) is 4.98 Å². The topological polar surface area (TPSA) is 42.0 Å². The average molecular weight is 343 g/mol. The van der Waals surface area contributed by atoms with Crippen molar-refractivity contribution >= 4 is 45.9 Å². The lowest BCUT2D eigenvalue weighted by atomic mass is 10.1. The van der Waals surface area contributed by atoms with E-state index in [1.807, 2.05) is 55.5 Å². The van der Waals surface area contributed by atoms with Gasteiger partial charge in [0.25, 0.3) is 0 Å². The number of aromatic nitrogens is 1. The van der Waals surface area contributed by atoms with Gasteiger partial charge in [0.05, 0.1) is 5.75 Å². The van der Waals surface area contributed by atoms with E-state index in [0.717, 1.165) is 21.2 Å². The van der Waals surface area contributed by atoms with Gasteiger partial charge in [0, 0.05) is 21.5 Å². The van der Waals surface area contributed by atoms with E-state index in [0.29, 0.717) is 16.6 Å². The number of aryl methyl sites for hydroxylation is 1. The van der Waals surface area contributed by atoms with Crippen molar-refractivity contribution in [3.63, 3.8) is 0 Å². The summed E-state index contributed by atoms with van der Waals surface area (Å²) < 4.78 is 0. The number of hydrogen-bond donors (Lipinski definition) is 1. The highest BCUT2D eigenvalue weighted by molar-refractivity contribution is 8.00. The zero-order valence-electron chi connectivity index (χ0n) is 12.5. The summed E-state index contributed by atoms with van der Waals surface area (Å²) in [6.07, 6.45) is 1.67. The molecule has 0 aliphatic heterocycles. The Balaban J connectivity index is 1.74. The maximum absolute atomic E-state index is 12.2. The minimum Gasteiger partial charge on any atom is -0.310 e. The van der Waals surface area contributed by atoms with Gasteiger partial charge in [-0.3, -0.25) is 4.79 Å². The molecule has 3 nitrogen and oxygen atoms in total. The first-order chi connectivity index (χ1) is 11.1. The number of amides is 1. The third-order valence-corrected chi connectivity index (χ3v) is 4.81. The summed E-state index contributed by atoms with van der Waals surface area (Å²) in [7, 11) is 0. The van der Waals surface area contributed by atoms with Crippen LogP contribution in [0.25, 0.3) is 10.8 Å². The largest absolute Gasteiger partial charge is 0.310 e. The van der Waals surface area contributed by atoms with Gasteiger partial charge in [-0.2, -0.15) is 0 Å². The van der Waals surface area contributed by atoms with Crippen LogP contribution in [0.3, 0.4) is 0 Å². The normalized spacial score (nSPS) is 10.7. The third kappa shape index (κ3) is 3.66. The van der Waals surface area contributed by atoms with Gasteiger partial charge in [0.15, 0.2) is 0 Å². The predicted molar refractivity (Wildman–Crippen MR) is 97.3 cm³/mol. The number of pyridine rings is 1. The van der Waals surface area contributed by atoms with Crippen LogP contribution < -0.4 is 5.32 Å². The van der Waals surface area contributed by atoms with Crippen molar-refractivity contribution in [1.82, 2.24) is 4.98 Å². The molecule has 0 atom stereocenters. The van der Waals surface area contributed by atoms with Gasteiger partial charge in [-0.15, -0.1) is 11.8 Å². The number of rotatable bonds is 4. The van der Waals surface area contributed by atoms with Gasteiger partial charge in [0.2, 0.25) is 5.91 Å². The van der Waals surface area contributed by atoms with E-state index in [1.165, 1.54) is 11.8 Å². The smallest absolute Gasteiger partial charge is 0.235 e. The molecule has 5 heteroatoms. The summed E-state index contributed by atoms with van der Waals surface area (Å²) >= 11 is 7.78. The molecule has 2 aromatic carbocycles. The Hall–Kier alpha value is -2.04. The molecule has 1 heterocycles. The van der Waals surface area contributed by atoms with Crippen LogP contribution >= 0.6 is 23.4 Å². The van der Waals surface area contributed by atoms with E-state index >= 15 is 0 Å². The van der Waals surface area contributed by atoms with E-state index in [1.54, 1.807) is 6.20 Å². The van der Waals surface area contributed by atoms with Crippen molar-refractivity contribution in [2.45, 2.75) is 11.8 Å². The molecule has 0 spiro atoms. The maximum Gasteiger partial charge on any atom is 0.235 e. The fourth-order valence-electron chi connectivity index (χ4n) is 2.31. The van der Waals surface area contributed by atoms with Gasteiger partial charge >= 0.3 is 0 Å². The minimum atomic E-state index is -0.0825. The minimum absolute atomic E-state index is 0.0825. The quantitative estimate of drug-likeness (QED) is 0.684. The van der Waals surface area contributed by atoms with Crippen LogP contribution in [0.15, 0.2) is 59.6 Å². The van der Waals surface area contributed by atoms with E-state index in [4.69, 9.17) is 11.6 Å². The lowest BCUT2D eigenvalue weighted by Crippen LogP contribution is -2.15. The molecule has 3 aromatic rings. The highest BCUT2D eigenvalue weighted by Crippen LogP contribution is 2.33. The van der Waals surface area contributed by atoms with Crippen molar-refractivity contribution in [2.75, 3.05) is 11.1 Å². The molecule has 0 unspecified atom stereocenters. The Morgan fingerprint density at radius 3 is 2.74 bits per heavy atom. The van der Waals surface area contributed by atoms with E-state index < -0.39 is 0 Å². The first-order valence-electron chi connectivity index (χ1n) is 7.16. The Labute approximate surface area is 144 Å². The number of benzene rings is 2. The Kier molecular flexibility index (Phi) is 4.84. The summed E-state index contributed by atoms with van der Waals surface area (Å²) in [6.45, 7) is 1.92. The van der Waals surface area contributed by atoms with E-state index in [2.05, 4.69) is 10.3 Å². The molecule has 1 aromatic heterocycles. The molecule has 116 valence electrons. The summed E-state index contributed by atoms with van der Waals surface area (Å²) in [5.74, 6) is 0.829. The second-order valence-corrected chi connectivity index (χ2v) is 6.52. The molecule has 0 aliphatic rings. The second kappa shape index (κ2) is 7.02. The lowest BCUT2D eigenvalue weighted by Gasteiger charge is -2.09. The van der Waals surface area contributed by atoms with E-state index in [9.17, 15) is 4.79 Å². The summed E-state index contributed by atoms with van der Waals surface area (Å²) in [4.78, 5) is 17.3. The number of carbonyl (C=O) groups is 1. The maximum atomic E-state index is 12.2. The van der Waals surface area contributed by atoms with Gasteiger partial charge in [-0.05, 0) is 36.1 Å². The van der Waals surface area contributed by atoms with Crippen molar-refractivity contribution in [3.05, 3.63) is 65.3 Å². The average Bonchev–Trinajstić information content (AvgIpc) is 2.55. The number of nitrogens with one attached hydrogen (secondary N) is 1. The van der Waals surface area contributed by atoms with Crippen LogP contribution in [0, 0.1) is 6.92 Å². The number of nitrogens with zero attached hydrogens (tertiary/aromatic N) is 1. The third-order valence-electron chi connectivity index (χ3n) is 3.44. The molecule has 0 bridgehead atoms. The molecule has 0 saturated heterocycles. The van der Waals surface area contributed by atoms with Gasteiger partial charge in [0.1, 0.15) is 5.82 Å². The highest BCUT2D eigenvalue weighted by atomic mass is 35.5. The molecule has 3 rings (SSSR count). The van der Waals surface area contributed by atoms with Crippen molar-refractivity contribution in [3.8, 4) is 0 Å². The molecule has 0 saturated carbocycles. The first kappa shape index (κ1) is 15.8. The van der Waals surface area contributed by atoms with Crippen LogP contribution in [-0.2, 0) is 4.79 Å². The first-order valence-corrected chi connectivity index (χ1v) is 8.53. The Morgan fingerprint density at radius 1 is 1.17 bits per heavy atom. The predicted octanol–water partition coefficient (Wildman–Crippen LogP) is 4.93. The zero-order chi connectivity index (χ0) is 16.2. The molecule has 0 fully saturated rings. The molecular weight excluding hydrogens is 328 g/mol. The van der Waals surface area contributed by atoms with Gasteiger partial charge < -0.3 is 5.32 Å². The number of halogens is 1. The fourth-order valence-corrected chi connectivity index (χ4v) is 3.56. The van der Waals surface area contributed by atoms with Crippen LogP contribution in [0.2, 0.25) is 5.02 Å². The fraction of sp³-hybridized carbons (Fsp3) is 0.111. The molecule has 0 radical (unpaired) electrons. The molecular formula is C18H15ClN2OS. The molecule has 1 N–H and O–H groups in total. The van der Waals surface area contributed by atoms with Crippen LogP contribution in [0.1, 0.15) is 5.56 Å². The Morgan fingerprint density at radius 2 is 1.96 bits per heavy atom.